The Hall–Kier alpha value is -3.26. The largest absolute Gasteiger partial charge is 1.00 e. The van der Waals surface area contributed by atoms with E-state index in [-0.39, 0.29) is 99.4 Å². The molecule has 5 unspecified atom stereocenters. The summed E-state index contributed by atoms with van der Waals surface area (Å²) in [7, 11) is 4.17. The van der Waals surface area contributed by atoms with E-state index in [1.165, 1.54) is 35.2 Å². The number of rotatable bonds is 34. The number of Topliss-reactive ketones (excluding diaryl/α,β-unsaturated/α-hetero) is 1. The maximum absolute atomic E-state index is 14.3. The molecule has 19 nitrogen and oxygen atoms in total. The van der Waals surface area contributed by atoms with Gasteiger partial charge in [0.1, 0.15) is 18.5 Å². The van der Waals surface area contributed by atoms with Gasteiger partial charge in [0, 0.05) is 122 Å². The van der Waals surface area contributed by atoms with Crippen molar-refractivity contribution in [2.75, 3.05) is 54.5 Å². The van der Waals surface area contributed by atoms with Crippen molar-refractivity contribution in [1.82, 2.24) is 0 Å². The van der Waals surface area contributed by atoms with E-state index < -0.39 is 62.4 Å². The molecule has 0 aromatic carbocycles. The summed E-state index contributed by atoms with van der Waals surface area (Å²) in [5, 5.41) is 7.00. The van der Waals surface area contributed by atoms with E-state index >= 15 is 0 Å². The minimum atomic E-state index is -3.40. The molecule has 84 heavy (non-hydrogen) atoms. The van der Waals surface area contributed by atoms with E-state index in [0.29, 0.717) is 64.6 Å². The topological polar surface area (TPSA) is 257 Å². The molecule has 2 saturated heterocycles. The quantitative estimate of drug-likeness (QED) is 0.00921. The monoisotopic (exact) mass is 1230 g/mol. The van der Waals surface area contributed by atoms with Gasteiger partial charge in [0.15, 0.2) is 12.6 Å². The molecule has 4 fully saturated rings. The molecule has 1 N–H and O–H groups in total. The van der Waals surface area contributed by atoms with Crippen molar-refractivity contribution in [3.05, 3.63) is 22.1 Å². The van der Waals surface area contributed by atoms with Crippen LogP contribution in [0.15, 0.2) is 12.2 Å². The maximum Gasteiger partial charge on any atom is 1.00 e. The van der Waals surface area contributed by atoms with E-state index in [4.69, 9.17) is 48.0 Å². The number of methoxy groups -OCH3 is 2. The molecule has 484 valence electrons. The predicted octanol–water partition coefficient (Wildman–Crippen LogP) is 8.96. The summed E-state index contributed by atoms with van der Waals surface area (Å²) >= 11 is 0. The summed E-state index contributed by atoms with van der Waals surface area (Å²) < 4.78 is 104. The summed E-state index contributed by atoms with van der Waals surface area (Å²) in [6.45, 7) is 9.34. The van der Waals surface area contributed by atoms with Crippen LogP contribution in [0.25, 0.3) is 0 Å². The number of esters is 4. The molecule has 0 aromatic rings. The normalized spacial score (nSPS) is 24.1. The first kappa shape index (κ1) is 82.8. The van der Waals surface area contributed by atoms with Crippen molar-refractivity contribution >= 4 is 49.9 Å². The van der Waals surface area contributed by atoms with Crippen LogP contribution in [-0.2, 0) is 76.0 Å². The Bertz CT molecular complexity index is 1850. The molecule has 11 atom stereocenters. The number of aliphatic hydroxyl groups excluding tert-OH is 1. The third kappa shape index (κ3) is 34.3. The van der Waals surface area contributed by atoms with Crippen LogP contribution in [0.2, 0.25) is 0 Å². The Labute approximate surface area is 510 Å². The van der Waals surface area contributed by atoms with Crippen LogP contribution in [0.3, 0.4) is 0 Å². The van der Waals surface area contributed by atoms with E-state index in [0.717, 1.165) is 116 Å². The Morgan fingerprint density at radius 1 is 0.619 bits per heavy atom. The van der Waals surface area contributed by atoms with Crippen molar-refractivity contribution in [2.24, 2.45) is 23.7 Å². The summed E-state index contributed by atoms with van der Waals surface area (Å²) in [5.74, 6) is -10.8. The Morgan fingerprint density at radius 2 is 1.04 bits per heavy atom. The second-order valence-corrected chi connectivity index (χ2v) is 23.1. The molecule has 0 radical (unpaired) electrons. The van der Waals surface area contributed by atoms with E-state index in [2.05, 4.69) is 9.47 Å². The molecule has 2 saturated carbocycles. The van der Waals surface area contributed by atoms with Crippen molar-refractivity contribution in [3.63, 3.8) is 0 Å². The zero-order valence-electron chi connectivity index (χ0n) is 52.8. The maximum atomic E-state index is 14.3. The second-order valence-electron chi connectivity index (χ2n) is 21.1. The number of unbranched alkanes of at least 4 members (excludes halogenated alkanes) is 8. The molecular formula is C59H100F4LiO19P. The van der Waals surface area contributed by atoms with Gasteiger partial charge in [-0.25, -0.2) is 0 Å². The molecule has 0 aromatic heterocycles. The standard InChI is InChI=1S/C28H44F2O7.C21H34O7.C9H17F2O2P.CH4O.Li.O2.H/c1-4-5-17-28(29,30)25(32)16-15-22-21(12-8-6-7-9-13-26(33)34-3)23(36-20(2)31)19-24(22)37-27-14-10-11-18-35-27;1-15(23)27-18-13-19(28-21-11-7-8-12-26-21)17(14-22)16(18)9-5-3-4-6-10-20(24)25-2;1-4-5-6-9(10,11)8(12)7-14(3)13-2;1-2;;1-2;/h15-16,21-24,27H,4-14,17-19H2,1-3H3;14,16-19,21H,3-13H2,1-2H3;4-7H2,1-3H3;2H,1H3;;;/q;;;;+1;;-1/b16-15+;;;;;;/t21?,22-,23+,24-,27?;16?,17-,18+,19-,21?;;;;;/m11...../s1. The Balaban J connectivity index is -0.00000124. The minimum Gasteiger partial charge on any atom is -1.00 e. The molecule has 0 spiro atoms. The molecule has 2 heterocycles. The fourth-order valence-corrected chi connectivity index (χ4v) is 11.1. The van der Waals surface area contributed by atoms with Crippen molar-refractivity contribution in [2.45, 2.75) is 243 Å². The zero-order valence-corrected chi connectivity index (χ0v) is 52.7. The molecule has 25 heteroatoms. The second kappa shape index (κ2) is 48.7. The van der Waals surface area contributed by atoms with Gasteiger partial charge in [-0.2, -0.15) is 17.6 Å². The Kier molecular flexibility index (Phi) is 48.0. The molecule has 2 aliphatic carbocycles. The fraction of sp³-hybridized carbons (Fsp3) is 0.847. The molecular weight excluding hydrogens is 1130 g/mol. The van der Waals surface area contributed by atoms with Crippen LogP contribution < -0.4 is 18.9 Å². The molecule has 4 rings (SSSR count). The van der Waals surface area contributed by atoms with E-state index in [9.17, 15) is 51.1 Å². The SMILES string of the molecule is CCCCC(F)(F)C(=O)/C=C/[C@@H]1C(CCCCCCC(=O)OC)[C@@H](OC(C)=O)C[C@H]1OC1CCCCO1.CCCCC(F)(F)C(=O)CP(C)OC.CO.COC(=O)CCCCCCC1[C@@H](OC(C)=O)C[C@@H](OC2CCCCO2)[C@@H]1C=O.O=O.[H-].[Li+]. The van der Waals surface area contributed by atoms with Gasteiger partial charge >= 0.3 is 54.6 Å². The van der Waals surface area contributed by atoms with Crippen LogP contribution in [-0.4, -0.2) is 150 Å². The number of aliphatic hydroxyl groups is 1. The van der Waals surface area contributed by atoms with Crippen molar-refractivity contribution in [1.29, 1.82) is 0 Å². The summed E-state index contributed by atoms with van der Waals surface area (Å²) in [6, 6.07) is 0. The molecule has 2 aliphatic heterocycles. The number of hydrogen-bond acceptors (Lipinski definition) is 19. The fourth-order valence-electron chi connectivity index (χ4n) is 10.4. The number of ketones is 2. The van der Waals surface area contributed by atoms with Crippen LogP contribution in [0, 0.1) is 33.6 Å². The van der Waals surface area contributed by atoms with Crippen LogP contribution >= 0.6 is 8.15 Å². The number of ether oxygens (including phenoxy) is 8. The third-order valence-electron chi connectivity index (χ3n) is 14.8. The minimum absolute atomic E-state index is 0. The summed E-state index contributed by atoms with van der Waals surface area (Å²) in [4.78, 5) is 95.2. The van der Waals surface area contributed by atoms with Gasteiger partial charge in [0.05, 0.1) is 32.6 Å². The van der Waals surface area contributed by atoms with Crippen LogP contribution in [0.1, 0.15) is 196 Å². The van der Waals surface area contributed by atoms with E-state index in [1.807, 2.05) is 6.92 Å². The summed E-state index contributed by atoms with van der Waals surface area (Å²) in [6.07, 6.45) is 18.1. The number of carbonyl (C=O) groups excluding carboxylic acids is 7. The van der Waals surface area contributed by atoms with Gasteiger partial charge in [-0.15, -0.1) is 0 Å². The number of allylic oxidation sites excluding steroid dienone is 1. The van der Waals surface area contributed by atoms with Crippen molar-refractivity contribution < 1.29 is 119 Å². The van der Waals surface area contributed by atoms with Crippen LogP contribution in [0.4, 0.5) is 17.6 Å². The average Bonchev–Trinajstić information content (AvgIpc) is 3.84. The summed E-state index contributed by atoms with van der Waals surface area (Å²) in [5.41, 5.74) is 0. The van der Waals surface area contributed by atoms with Gasteiger partial charge in [-0.1, -0.05) is 71.3 Å². The van der Waals surface area contributed by atoms with Crippen molar-refractivity contribution in [3.8, 4) is 0 Å². The van der Waals surface area contributed by atoms with Gasteiger partial charge in [0.2, 0.25) is 11.6 Å². The number of halogens is 4. The zero-order chi connectivity index (χ0) is 62.8. The van der Waals surface area contributed by atoms with Gasteiger partial charge in [-0.05, 0) is 89.8 Å². The first-order valence-electron chi connectivity index (χ1n) is 29.5. The van der Waals surface area contributed by atoms with Crippen LogP contribution in [0.5, 0.6) is 0 Å². The predicted molar refractivity (Wildman–Crippen MR) is 306 cm³/mol. The molecule has 0 bridgehead atoms. The third-order valence-corrected chi connectivity index (χ3v) is 16.2. The number of alkyl halides is 4. The number of aldehydes is 1. The van der Waals surface area contributed by atoms with Gasteiger partial charge in [0.25, 0.3) is 0 Å². The Morgan fingerprint density at radius 3 is 1.42 bits per heavy atom. The van der Waals surface area contributed by atoms with Gasteiger partial charge in [-0.3, -0.25) is 28.8 Å². The number of hydrogen-bond donors (Lipinski definition) is 1. The van der Waals surface area contributed by atoms with E-state index in [1.54, 1.807) is 19.7 Å². The molecule has 0 amide bonds. The first-order chi connectivity index (χ1) is 39.7. The average molecular weight is 1230 g/mol. The molecule has 4 aliphatic rings. The smallest absolute Gasteiger partial charge is 1.00 e. The number of carbonyl (C=O) groups is 7. The first-order valence-corrected chi connectivity index (χ1v) is 31.4. The van der Waals surface area contributed by atoms with Gasteiger partial charge < -0.3 is 53.7 Å².